The maximum absolute atomic E-state index is 5.86. The highest BCUT2D eigenvalue weighted by Crippen LogP contribution is 2.19. The monoisotopic (exact) mass is 252 g/mol. The van der Waals surface area contributed by atoms with Gasteiger partial charge in [-0.2, -0.15) is 0 Å². The van der Waals surface area contributed by atoms with Crippen LogP contribution in [0.2, 0.25) is 0 Å². The molecular weight excluding hydrogens is 232 g/mol. The summed E-state index contributed by atoms with van der Waals surface area (Å²) in [5, 5.41) is 0. The van der Waals surface area contributed by atoms with Gasteiger partial charge in [0, 0.05) is 0 Å². The summed E-state index contributed by atoms with van der Waals surface area (Å²) >= 11 is 0. The fourth-order valence-electron chi connectivity index (χ4n) is 2.01. The van der Waals surface area contributed by atoms with E-state index in [9.17, 15) is 0 Å². The van der Waals surface area contributed by atoms with Crippen LogP contribution in [-0.4, -0.2) is 6.10 Å². The van der Waals surface area contributed by atoms with Crippen molar-refractivity contribution in [2.75, 3.05) is 0 Å². The van der Waals surface area contributed by atoms with Crippen LogP contribution in [0.5, 0.6) is 0 Å². The van der Waals surface area contributed by atoms with E-state index in [0.29, 0.717) is 6.61 Å². The average molecular weight is 252 g/mol. The molecular formula is C18H20O. The van der Waals surface area contributed by atoms with Gasteiger partial charge in [0.2, 0.25) is 0 Å². The van der Waals surface area contributed by atoms with Gasteiger partial charge >= 0.3 is 0 Å². The van der Waals surface area contributed by atoms with Crippen molar-refractivity contribution in [1.29, 1.82) is 0 Å². The second-order valence-corrected chi connectivity index (χ2v) is 4.78. The zero-order chi connectivity index (χ0) is 13.5. The summed E-state index contributed by atoms with van der Waals surface area (Å²) in [4.78, 5) is 0. The highest BCUT2D eigenvalue weighted by molar-refractivity contribution is 5.63. The van der Waals surface area contributed by atoms with E-state index in [4.69, 9.17) is 4.74 Å². The zero-order valence-corrected chi connectivity index (χ0v) is 11.4. The van der Waals surface area contributed by atoms with Crippen LogP contribution in [0, 0.1) is 0 Å². The lowest BCUT2D eigenvalue weighted by molar-refractivity contribution is 0.0567. The summed E-state index contributed by atoms with van der Waals surface area (Å²) in [5.41, 5.74) is 3.53. The number of ether oxygens (including phenoxy) is 1. The minimum Gasteiger partial charge on any atom is -0.373 e. The number of hydrogen-bond acceptors (Lipinski definition) is 1. The van der Waals surface area contributed by atoms with Crippen molar-refractivity contribution in [3.8, 4) is 0 Å². The smallest absolute Gasteiger partial charge is 0.0720 e. The minimum absolute atomic E-state index is 0.174. The van der Waals surface area contributed by atoms with Gasteiger partial charge < -0.3 is 4.74 Å². The van der Waals surface area contributed by atoms with Crippen LogP contribution in [0.15, 0.2) is 67.2 Å². The fraction of sp³-hybridized carbons (Fsp3) is 0.222. The summed E-state index contributed by atoms with van der Waals surface area (Å²) in [6.07, 6.45) is 1.03. The van der Waals surface area contributed by atoms with Gasteiger partial charge in [0.15, 0.2) is 0 Å². The maximum atomic E-state index is 5.86. The summed E-state index contributed by atoms with van der Waals surface area (Å²) in [6, 6.07) is 20.5. The standard InChI is InChI=1S/C18H20O/c1-15(18-11-7-4-8-12-18)13-16(2)19-14-17-9-5-3-6-10-17/h3-12,16H,1,13-14H2,2H3. The average Bonchev–Trinajstić information content (AvgIpc) is 2.47. The molecule has 0 N–H and O–H groups in total. The van der Waals surface area contributed by atoms with Crippen LogP contribution in [0.3, 0.4) is 0 Å². The third-order valence-electron chi connectivity index (χ3n) is 3.09. The molecule has 0 aliphatic heterocycles. The van der Waals surface area contributed by atoms with Gasteiger partial charge in [-0.25, -0.2) is 0 Å². The van der Waals surface area contributed by atoms with E-state index >= 15 is 0 Å². The van der Waals surface area contributed by atoms with Crippen LogP contribution in [0.4, 0.5) is 0 Å². The van der Waals surface area contributed by atoms with E-state index in [2.05, 4.69) is 37.8 Å². The molecule has 0 heterocycles. The minimum atomic E-state index is 0.174. The van der Waals surface area contributed by atoms with Crippen LogP contribution >= 0.6 is 0 Å². The predicted molar refractivity (Wildman–Crippen MR) is 80.8 cm³/mol. The molecule has 0 saturated carbocycles. The number of hydrogen-bond donors (Lipinski definition) is 0. The topological polar surface area (TPSA) is 9.23 Å². The van der Waals surface area contributed by atoms with Crippen molar-refractivity contribution < 1.29 is 4.74 Å². The van der Waals surface area contributed by atoms with Crippen LogP contribution in [0.1, 0.15) is 24.5 Å². The Labute approximate surface area is 115 Å². The number of benzene rings is 2. The highest BCUT2D eigenvalue weighted by Gasteiger charge is 2.06. The van der Waals surface area contributed by atoms with E-state index in [1.54, 1.807) is 0 Å². The Morgan fingerprint density at radius 2 is 1.58 bits per heavy atom. The quantitative estimate of drug-likeness (QED) is 0.724. The summed E-state index contributed by atoms with van der Waals surface area (Å²) in [5.74, 6) is 0. The first-order valence-corrected chi connectivity index (χ1v) is 6.64. The van der Waals surface area contributed by atoms with Crippen molar-refractivity contribution in [3.05, 3.63) is 78.4 Å². The van der Waals surface area contributed by atoms with Crippen LogP contribution < -0.4 is 0 Å². The molecule has 0 spiro atoms. The first-order valence-electron chi connectivity index (χ1n) is 6.64. The molecule has 0 saturated heterocycles. The second kappa shape index (κ2) is 6.91. The molecule has 0 fully saturated rings. The molecule has 98 valence electrons. The predicted octanol–water partition coefficient (Wildman–Crippen LogP) is 4.70. The lowest BCUT2D eigenvalue weighted by Gasteiger charge is -2.15. The Bertz CT molecular complexity index is 502. The Kier molecular flexibility index (Phi) is 4.93. The van der Waals surface area contributed by atoms with E-state index in [-0.39, 0.29) is 6.10 Å². The van der Waals surface area contributed by atoms with E-state index in [1.807, 2.05) is 36.4 Å². The van der Waals surface area contributed by atoms with Crippen molar-refractivity contribution >= 4 is 5.57 Å². The highest BCUT2D eigenvalue weighted by atomic mass is 16.5. The molecule has 1 unspecified atom stereocenters. The van der Waals surface area contributed by atoms with Crippen molar-refractivity contribution in [2.24, 2.45) is 0 Å². The molecule has 0 amide bonds. The molecule has 0 aliphatic rings. The Balaban J connectivity index is 1.81. The largest absolute Gasteiger partial charge is 0.373 e. The lowest BCUT2D eigenvalue weighted by Crippen LogP contribution is -2.08. The normalized spacial score (nSPS) is 12.1. The molecule has 0 aliphatic carbocycles. The molecule has 1 atom stereocenters. The molecule has 1 nitrogen and oxygen atoms in total. The molecule has 2 rings (SSSR count). The van der Waals surface area contributed by atoms with Crippen molar-refractivity contribution in [1.82, 2.24) is 0 Å². The van der Waals surface area contributed by atoms with Gasteiger partial charge in [0.1, 0.15) is 0 Å². The summed E-state index contributed by atoms with van der Waals surface area (Å²) < 4.78 is 5.86. The Morgan fingerprint density at radius 1 is 1.00 bits per heavy atom. The van der Waals surface area contributed by atoms with Crippen molar-refractivity contribution in [2.45, 2.75) is 26.1 Å². The third-order valence-corrected chi connectivity index (χ3v) is 3.09. The van der Waals surface area contributed by atoms with Gasteiger partial charge in [0.25, 0.3) is 0 Å². The summed E-state index contributed by atoms with van der Waals surface area (Å²) in [6.45, 7) is 6.89. The van der Waals surface area contributed by atoms with Crippen molar-refractivity contribution in [3.63, 3.8) is 0 Å². The summed E-state index contributed by atoms with van der Waals surface area (Å²) in [7, 11) is 0. The van der Waals surface area contributed by atoms with Crippen LogP contribution in [-0.2, 0) is 11.3 Å². The Morgan fingerprint density at radius 3 is 2.21 bits per heavy atom. The molecule has 1 heteroatoms. The molecule has 2 aromatic carbocycles. The third kappa shape index (κ3) is 4.38. The first kappa shape index (κ1) is 13.6. The molecule has 0 aromatic heterocycles. The fourth-order valence-corrected chi connectivity index (χ4v) is 2.01. The molecule has 0 bridgehead atoms. The van der Waals surface area contributed by atoms with Gasteiger partial charge in [-0.1, -0.05) is 67.2 Å². The van der Waals surface area contributed by atoms with E-state index in [1.165, 1.54) is 11.1 Å². The zero-order valence-electron chi connectivity index (χ0n) is 11.4. The second-order valence-electron chi connectivity index (χ2n) is 4.78. The van der Waals surface area contributed by atoms with Gasteiger partial charge in [-0.15, -0.1) is 0 Å². The van der Waals surface area contributed by atoms with Crippen LogP contribution in [0.25, 0.3) is 5.57 Å². The van der Waals surface area contributed by atoms with Gasteiger partial charge in [-0.3, -0.25) is 0 Å². The SMILES string of the molecule is C=C(CC(C)OCc1ccccc1)c1ccccc1. The molecule has 2 aromatic rings. The molecule has 19 heavy (non-hydrogen) atoms. The van der Waals surface area contributed by atoms with E-state index < -0.39 is 0 Å². The van der Waals surface area contributed by atoms with E-state index in [0.717, 1.165) is 12.0 Å². The van der Waals surface area contributed by atoms with Gasteiger partial charge in [-0.05, 0) is 30.0 Å². The molecule has 0 radical (unpaired) electrons. The lowest BCUT2D eigenvalue weighted by atomic mass is 10.0. The van der Waals surface area contributed by atoms with Gasteiger partial charge in [0.05, 0.1) is 12.7 Å². The number of rotatable bonds is 6. The first-order chi connectivity index (χ1) is 9.25. The maximum Gasteiger partial charge on any atom is 0.0720 e. The Hall–Kier alpha value is -1.86.